The molecule has 1 aliphatic heterocycles. The molecule has 150 valence electrons. The first-order valence-electron chi connectivity index (χ1n) is 10.6. The fourth-order valence-corrected chi connectivity index (χ4v) is 3.42. The van der Waals surface area contributed by atoms with Crippen LogP contribution in [0.5, 0.6) is 0 Å². The summed E-state index contributed by atoms with van der Waals surface area (Å²) in [5, 5.41) is 1.91. The lowest BCUT2D eigenvalue weighted by molar-refractivity contribution is 0.0958. The van der Waals surface area contributed by atoms with E-state index in [9.17, 15) is 14.0 Å². The van der Waals surface area contributed by atoms with Crippen LogP contribution in [0.3, 0.4) is 0 Å². The van der Waals surface area contributed by atoms with Crippen molar-refractivity contribution in [2.45, 2.75) is 6.54 Å². The summed E-state index contributed by atoms with van der Waals surface area (Å²) in [7, 11) is 0. The molecule has 8 nitrogen and oxygen atoms in total. The van der Waals surface area contributed by atoms with Crippen molar-refractivity contribution < 1.29 is 13.3 Å². The molecule has 0 bridgehead atoms. The predicted molar refractivity (Wildman–Crippen MR) is 107 cm³/mol. The highest BCUT2D eigenvalue weighted by Crippen LogP contribution is 2.20. The summed E-state index contributed by atoms with van der Waals surface area (Å²) in [4.78, 5) is 38.1. The largest absolute Gasteiger partial charge is 0.368 e. The van der Waals surface area contributed by atoms with Crippen LogP contribution in [0.1, 0.15) is 20.2 Å². The van der Waals surface area contributed by atoms with Gasteiger partial charge in [0.25, 0.3) is 11.5 Å². The van der Waals surface area contributed by atoms with Crippen LogP contribution in [0.2, 0.25) is 0 Å². The summed E-state index contributed by atoms with van der Waals surface area (Å²) in [5.41, 5.74) is 1.40. The van der Waals surface area contributed by atoms with E-state index in [1.165, 1.54) is 12.3 Å². The van der Waals surface area contributed by atoms with Crippen molar-refractivity contribution in [3.8, 4) is 0 Å². The molecule has 1 amide bonds. The Morgan fingerprint density at radius 2 is 2.03 bits per heavy atom. The van der Waals surface area contributed by atoms with Crippen molar-refractivity contribution in [2.75, 3.05) is 38.1 Å². The Morgan fingerprint density at radius 1 is 1.21 bits per heavy atom. The topological polar surface area (TPSA) is 94.2 Å². The number of rotatable bonds is 4. The fourth-order valence-electron chi connectivity index (χ4n) is 3.42. The molecule has 9 heteroatoms. The zero-order valence-electron chi connectivity index (χ0n) is 18.5. The van der Waals surface area contributed by atoms with Gasteiger partial charge in [-0.3, -0.25) is 14.5 Å². The van der Waals surface area contributed by atoms with Crippen molar-refractivity contribution in [3.05, 3.63) is 64.1 Å². The number of carbonyl (C=O) groups excluding carboxylic acids is 1. The Bertz CT molecular complexity index is 1190. The number of piperazine rings is 1. The molecule has 29 heavy (non-hydrogen) atoms. The minimum Gasteiger partial charge on any atom is -0.368 e. The Morgan fingerprint density at radius 3 is 2.76 bits per heavy atom. The van der Waals surface area contributed by atoms with E-state index in [1.807, 2.05) is 5.32 Å². The number of nitrogens with one attached hydrogen (secondary N) is 2. The summed E-state index contributed by atoms with van der Waals surface area (Å²) >= 11 is 0. The molecule has 0 atom stereocenters. The van der Waals surface area contributed by atoms with Crippen LogP contribution in [0, 0.1) is 5.82 Å². The number of pyridine rings is 1. The van der Waals surface area contributed by atoms with Gasteiger partial charge in [0.2, 0.25) is 0 Å². The SMILES string of the molecule is [2H]C([2H])([2H])NC(=O)c1ccc(N2CCN(Cc3ccc4ncc(=O)[nH]c4c3F)CC2)cn1. The van der Waals surface area contributed by atoms with E-state index in [2.05, 4.69) is 24.8 Å². The average Bonchev–Trinajstić information content (AvgIpc) is 2.75. The molecule has 0 radical (unpaired) electrons. The second-order valence-corrected chi connectivity index (χ2v) is 6.80. The van der Waals surface area contributed by atoms with Crippen LogP contribution in [-0.4, -0.2) is 58.9 Å². The lowest BCUT2D eigenvalue weighted by Crippen LogP contribution is -2.46. The summed E-state index contributed by atoms with van der Waals surface area (Å²) in [6, 6.07) is 6.59. The van der Waals surface area contributed by atoms with Gasteiger partial charge in [-0.2, -0.15) is 0 Å². The van der Waals surface area contributed by atoms with Gasteiger partial charge in [-0.15, -0.1) is 0 Å². The molecule has 3 heterocycles. The molecule has 4 rings (SSSR count). The first kappa shape index (κ1) is 15.6. The molecule has 1 fully saturated rings. The highest BCUT2D eigenvalue weighted by atomic mass is 19.1. The van der Waals surface area contributed by atoms with E-state index >= 15 is 0 Å². The van der Waals surface area contributed by atoms with Crippen molar-refractivity contribution in [3.63, 3.8) is 0 Å². The molecule has 0 saturated carbocycles. The molecule has 1 aromatic carbocycles. The fraction of sp³-hybridized carbons (Fsp3) is 0.300. The first-order chi connectivity index (χ1) is 15.2. The zero-order valence-corrected chi connectivity index (χ0v) is 15.5. The number of aromatic nitrogens is 3. The molecule has 1 saturated heterocycles. The van der Waals surface area contributed by atoms with E-state index < -0.39 is 24.3 Å². The summed E-state index contributed by atoms with van der Waals surface area (Å²) in [6.07, 6.45) is 2.67. The Hall–Kier alpha value is -3.33. The number of H-pyrrole nitrogens is 1. The second kappa shape index (κ2) is 7.96. The minimum absolute atomic E-state index is 0.0304. The zero-order chi connectivity index (χ0) is 22.9. The maximum absolute atomic E-state index is 14.8. The summed E-state index contributed by atoms with van der Waals surface area (Å²) in [6.45, 7) is 0.555. The minimum atomic E-state index is -2.57. The van der Waals surface area contributed by atoms with E-state index in [1.54, 1.807) is 18.2 Å². The molecule has 0 aliphatic carbocycles. The van der Waals surface area contributed by atoms with Crippen LogP contribution in [0.15, 0.2) is 41.5 Å². The van der Waals surface area contributed by atoms with Gasteiger partial charge in [0.15, 0.2) is 5.82 Å². The highest BCUT2D eigenvalue weighted by Gasteiger charge is 2.20. The van der Waals surface area contributed by atoms with Crippen LogP contribution in [0.4, 0.5) is 10.1 Å². The molecule has 2 N–H and O–H groups in total. The number of halogens is 1. The Balaban J connectivity index is 1.37. The van der Waals surface area contributed by atoms with E-state index in [0.717, 1.165) is 11.9 Å². The maximum Gasteiger partial charge on any atom is 0.269 e. The molecule has 0 unspecified atom stereocenters. The van der Waals surface area contributed by atoms with Crippen LogP contribution < -0.4 is 15.8 Å². The van der Waals surface area contributed by atoms with Crippen LogP contribution >= 0.6 is 0 Å². The number of nitrogens with zero attached hydrogens (tertiary/aromatic N) is 4. The quantitative estimate of drug-likeness (QED) is 0.683. The van der Waals surface area contributed by atoms with Crippen molar-refractivity contribution in [2.24, 2.45) is 0 Å². The summed E-state index contributed by atoms with van der Waals surface area (Å²) in [5.74, 6) is -1.22. The summed E-state index contributed by atoms with van der Waals surface area (Å²) < 4.78 is 36.1. The Labute approximate surface area is 170 Å². The number of benzene rings is 1. The smallest absolute Gasteiger partial charge is 0.269 e. The number of hydrogen-bond donors (Lipinski definition) is 2. The average molecular weight is 399 g/mol. The monoisotopic (exact) mass is 399 g/mol. The number of aromatic amines is 1. The van der Waals surface area contributed by atoms with Crippen molar-refractivity contribution >= 4 is 22.6 Å². The molecular weight excluding hydrogens is 375 g/mol. The van der Waals surface area contributed by atoms with Gasteiger partial charge in [-0.25, -0.2) is 14.4 Å². The van der Waals surface area contributed by atoms with E-state index in [0.29, 0.717) is 43.8 Å². The Kier molecular flexibility index (Phi) is 4.28. The number of anilines is 1. The molecule has 1 aliphatic rings. The number of carbonyl (C=O) groups is 1. The molecule has 3 aromatic rings. The van der Waals surface area contributed by atoms with Gasteiger partial charge in [-0.1, -0.05) is 6.07 Å². The lowest BCUT2D eigenvalue weighted by atomic mass is 10.1. The lowest BCUT2D eigenvalue weighted by Gasteiger charge is -2.36. The van der Waals surface area contributed by atoms with Crippen molar-refractivity contribution in [1.82, 2.24) is 25.2 Å². The number of hydrogen-bond acceptors (Lipinski definition) is 6. The third-order valence-electron chi connectivity index (χ3n) is 4.99. The molecule has 2 aromatic heterocycles. The third kappa shape index (κ3) is 3.95. The number of amides is 1. The standard InChI is InChI=1S/C20H21FN6O2/c1-22-20(29)16-5-3-14(10-23-16)27-8-6-26(7-9-27)12-13-2-4-15-19(18(13)21)25-17(28)11-24-15/h2-5,10-11H,6-9,12H2,1H3,(H,22,29)(H,25,28)/i1D3. The molecule has 0 spiro atoms. The van der Waals surface area contributed by atoms with Crippen LogP contribution in [0.25, 0.3) is 11.0 Å². The van der Waals surface area contributed by atoms with Crippen LogP contribution in [-0.2, 0) is 6.54 Å². The van der Waals surface area contributed by atoms with Gasteiger partial charge >= 0.3 is 0 Å². The van der Waals surface area contributed by atoms with Gasteiger partial charge in [0, 0.05) is 49.4 Å². The second-order valence-electron chi connectivity index (χ2n) is 6.80. The highest BCUT2D eigenvalue weighted by molar-refractivity contribution is 5.92. The van der Waals surface area contributed by atoms with Crippen molar-refractivity contribution in [1.29, 1.82) is 0 Å². The first-order valence-corrected chi connectivity index (χ1v) is 9.12. The van der Waals surface area contributed by atoms with Gasteiger partial charge < -0.3 is 15.2 Å². The van der Waals surface area contributed by atoms with E-state index in [-0.39, 0.29) is 11.2 Å². The van der Waals surface area contributed by atoms with Gasteiger partial charge in [0.1, 0.15) is 11.2 Å². The van der Waals surface area contributed by atoms with E-state index in [4.69, 9.17) is 4.11 Å². The maximum atomic E-state index is 14.8. The third-order valence-corrected chi connectivity index (χ3v) is 4.99. The normalized spacial score (nSPS) is 16.9. The predicted octanol–water partition coefficient (Wildman–Crippen LogP) is 1.14. The number of fused-ring (bicyclic) bond motifs is 1. The molecular formula is C20H21FN6O2. The van der Waals surface area contributed by atoms with Gasteiger partial charge in [-0.05, 0) is 18.2 Å². The van der Waals surface area contributed by atoms with Gasteiger partial charge in [0.05, 0.1) is 23.6 Å².